The Morgan fingerprint density at radius 3 is 2.90 bits per heavy atom. The van der Waals surface area contributed by atoms with Crippen LogP contribution in [0, 0.1) is 5.82 Å². The Morgan fingerprint density at radius 1 is 1.25 bits per heavy atom. The van der Waals surface area contributed by atoms with Gasteiger partial charge >= 0.3 is 0 Å². The number of nitrogens with one attached hydrogen (secondary N) is 1. The second-order valence-corrected chi connectivity index (χ2v) is 4.37. The molecule has 0 saturated carbocycles. The summed E-state index contributed by atoms with van der Waals surface area (Å²) in [5, 5.41) is 3.04. The number of methoxy groups -OCH3 is 1. The summed E-state index contributed by atoms with van der Waals surface area (Å²) in [6.45, 7) is 0.657. The molecular weight excluding hydrogens is 261 g/mol. The number of fused-ring (bicyclic) bond motifs is 1. The molecule has 0 aromatic heterocycles. The van der Waals surface area contributed by atoms with Crippen molar-refractivity contribution in [3.63, 3.8) is 0 Å². The molecule has 20 heavy (non-hydrogen) atoms. The van der Waals surface area contributed by atoms with Gasteiger partial charge in [-0.1, -0.05) is 12.1 Å². The lowest BCUT2D eigenvalue weighted by Crippen LogP contribution is -2.01. The van der Waals surface area contributed by atoms with Crippen molar-refractivity contribution in [3.05, 3.63) is 47.8 Å². The van der Waals surface area contributed by atoms with Crippen LogP contribution in [0.1, 0.15) is 5.56 Å². The van der Waals surface area contributed by atoms with Crippen molar-refractivity contribution in [3.8, 4) is 17.2 Å². The zero-order chi connectivity index (χ0) is 13.9. The predicted molar refractivity (Wildman–Crippen MR) is 72.8 cm³/mol. The van der Waals surface area contributed by atoms with Crippen LogP contribution in [-0.4, -0.2) is 13.9 Å². The quantitative estimate of drug-likeness (QED) is 0.930. The first-order valence-corrected chi connectivity index (χ1v) is 6.23. The van der Waals surface area contributed by atoms with E-state index >= 15 is 0 Å². The molecule has 0 aliphatic carbocycles. The molecule has 2 aromatic rings. The Bertz CT molecular complexity index is 631. The van der Waals surface area contributed by atoms with Crippen LogP contribution >= 0.6 is 0 Å². The summed E-state index contributed by atoms with van der Waals surface area (Å²) in [5.74, 6) is 1.60. The van der Waals surface area contributed by atoms with Gasteiger partial charge in [0, 0.05) is 6.54 Å². The van der Waals surface area contributed by atoms with Crippen molar-refractivity contribution in [2.75, 3.05) is 19.2 Å². The minimum absolute atomic E-state index is 0.190. The molecule has 5 heteroatoms. The average molecular weight is 275 g/mol. The lowest BCUT2D eigenvalue weighted by atomic mass is 10.1. The van der Waals surface area contributed by atoms with Gasteiger partial charge in [0.1, 0.15) is 5.82 Å². The summed E-state index contributed by atoms with van der Waals surface area (Å²) in [7, 11) is 1.57. The Morgan fingerprint density at radius 2 is 2.10 bits per heavy atom. The zero-order valence-electron chi connectivity index (χ0n) is 11.0. The molecule has 1 aliphatic rings. The summed E-state index contributed by atoms with van der Waals surface area (Å²) >= 11 is 0. The van der Waals surface area contributed by atoms with E-state index in [2.05, 4.69) is 5.32 Å². The first kappa shape index (κ1) is 12.6. The van der Waals surface area contributed by atoms with Crippen molar-refractivity contribution < 1.29 is 18.6 Å². The lowest BCUT2D eigenvalue weighted by Gasteiger charge is -2.10. The summed E-state index contributed by atoms with van der Waals surface area (Å²) in [6.07, 6.45) is 0. The van der Waals surface area contributed by atoms with Gasteiger partial charge in [0.25, 0.3) is 0 Å². The molecule has 0 unspecified atom stereocenters. The Hall–Kier alpha value is -2.43. The number of ether oxygens (including phenoxy) is 3. The predicted octanol–water partition coefficient (Wildman–Crippen LogP) is 3.18. The van der Waals surface area contributed by atoms with Gasteiger partial charge in [-0.15, -0.1) is 0 Å². The lowest BCUT2D eigenvalue weighted by molar-refractivity contribution is 0.171. The van der Waals surface area contributed by atoms with Crippen LogP contribution in [0.3, 0.4) is 0 Å². The fourth-order valence-corrected chi connectivity index (χ4v) is 2.09. The van der Waals surface area contributed by atoms with Gasteiger partial charge in [-0.2, -0.15) is 0 Å². The van der Waals surface area contributed by atoms with E-state index in [4.69, 9.17) is 14.2 Å². The summed E-state index contributed by atoms with van der Waals surface area (Å²) < 4.78 is 29.5. The third-order valence-corrected chi connectivity index (χ3v) is 3.07. The van der Waals surface area contributed by atoms with Crippen LogP contribution in [0.15, 0.2) is 36.4 Å². The fourth-order valence-electron chi connectivity index (χ4n) is 2.09. The van der Waals surface area contributed by atoms with E-state index in [1.807, 2.05) is 12.1 Å². The Labute approximate surface area is 116 Å². The van der Waals surface area contributed by atoms with E-state index in [1.54, 1.807) is 25.3 Å². The summed E-state index contributed by atoms with van der Waals surface area (Å²) in [6, 6.07) is 10.3. The molecule has 0 atom stereocenters. The van der Waals surface area contributed by atoms with Gasteiger partial charge < -0.3 is 19.5 Å². The van der Waals surface area contributed by atoms with E-state index in [9.17, 15) is 4.39 Å². The SMILES string of the molecule is COc1cc(CNc2ccccc2F)cc2c1OCO2. The number of halogens is 1. The number of benzene rings is 2. The highest BCUT2D eigenvalue weighted by Crippen LogP contribution is 2.41. The summed E-state index contributed by atoms with van der Waals surface area (Å²) in [5.41, 5.74) is 1.39. The smallest absolute Gasteiger partial charge is 0.231 e. The number of anilines is 1. The molecule has 0 bridgehead atoms. The van der Waals surface area contributed by atoms with Gasteiger partial charge in [0.2, 0.25) is 12.5 Å². The third kappa shape index (κ3) is 2.34. The van der Waals surface area contributed by atoms with Crippen molar-refractivity contribution in [1.29, 1.82) is 0 Å². The second kappa shape index (κ2) is 5.28. The molecule has 1 heterocycles. The van der Waals surface area contributed by atoms with Gasteiger partial charge in [0.15, 0.2) is 11.5 Å². The van der Waals surface area contributed by atoms with Crippen LogP contribution in [0.2, 0.25) is 0 Å². The average Bonchev–Trinajstić information content (AvgIpc) is 2.94. The Balaban J connectivity index is 1.80. The van der Waals surface area contributed by atoms with E-state index in [-0.39, 0.29) is 12.6 Å². The molecular formula is C15H14FNO3. The van der Waals surface area contributed by atoms with Gasteiger partial charge in [-0.05, 0) is 29.8 Å². The number of rotatable bonds is 4. The first-order valence-electron chi connectivity index (χ1n) is 6.23. The van der Waals surface area contributed by atoms with E-state index < -0.39 is 0 Å². The fraction of sp³-hybridized carbons (Fsp3) is 0.200. The van der Waals surface area contributed by atoms with Crippen LogP contribution in [-0.2, 0) is 6.54 Å². The highest BCUT2D eigenvalue weighted by atomic mass is 19.1. The normalized spacial score (nSPS) is 12.3. The first-order chi connectivity index (χ1) is 9.78. The van der Waals surface area contributed by atoms with Crippen LogP contribution in [0.4, 0.5) is 10.1 Å². The third-order valence-electron chi connectivity index (χ3n) is 3.07. The molecule has 3 rings (SSSR count). The zero-order valence-corrected chi connectivity index (χ0v) is 11.0. The Kier molecular flexibility index (Phi) is 3.33. The molecule has 0 spiro atoms. The van der Waals surface area contributed by atoms with Crippen LogP contribution in [0.5, 0.6) is 17.2 Å². The maximum atomic E-state index is 13.5. The highest BCUT2D eigenvalue weighted by molar-refractivity contribution is 5.56. The molecule has 0 radical (unpaired) electrons. The maximum Gasteiger partial charge on any atom is 0.231 e. The van der Waals surface area contributed by atoms with E-state index in [0.717, 1.165) is 5.56 Å². The molecule has 4 nitrogen and oxygen atoms in total. The second-order valence-electron chi connectivity index (χ2n) is 4.37. The van der Waals surface area contributed by atoms with E-state index in [1.165, 1.54) is 6.07 Å². The number of hydrogen-bond donors (Lipinski definition) is 1. The van der Waals surface area contributed by atoms with Crippen molar-refractivity contribution in [1.82, 2.24) is 0 Å². The van der Waals surface area contributed by atoms with E-state index in [0.29, 0.717) is 29.5 Å². The van der Waals surface area contributed by atoms with Gasteiger partial charge in [0.05, 0.1) is 12.8 Å². The number of para-hydroxylation sites is 1. The molecule has 2 aromatic carbocycles. The van der Waals surface area contributed by atoms with Gasteiger partial charge in [-0.3, -0.25) is 0 Å². The monoisotopic (exact) mass is 275 g/mol. The van der Waals surface area contributed by atoms with Crippen molar-refractivity contribution in [2.24, 2.45) is 0 Å². The molecule has 1 aliphatic heterocycles. The number of hydrogen-bond acceptors (Lipinski definition) is 4. The maximum absolute atomic E-state index is 13.5. The standard InChI is InChI=1S/C15H14FNO3/c1-18-13-6-10(7-14-15(13)20-9-19-14)8-17-12-5-3-2-4-11(12)16/h2-7,17H,8-9H2,1H3. The minimum Gasteiger partial charge on any atom is -0.493 e. The molecule has 104 valence electrons. The van der Waals surface area contributed by atoms with Crippen LogP contribution in [0.25, 0.3) is 0 Å². The van der Waals surface area contributed by atoms with Gasteiger partial charge in [-0.25, -0.2) is 4.39 Å². The molecule has 1 N–H and O–H groups in total. The van der Waals surface area contributed by atoms with Crippen LogP contribution < -0.4 is 19.5 Å². The topological polar surface area (TPSA) is 39.7 Å². The summed E-state index contributed by atoms with van der Waals surface area (Å²) in [4.78, 5) is 0. The molecule has 0 fully saturated rings. The minimum atomic E-state index is -0.278. The van der Waals surface area contributed by atoms with Crippen molar-refractivity contribution in [2.45, 2.75) is 6.54 Å². The molecule has 0 amide bonds. The van der Waals surface area contributed by atoms with Crippen molar-refractivity contribution >= 4 is 5.69 Å². The molecule has 0 saturated heterocycles. The highest BCUT2D eigenvalue weighted by Gasteiger charge is 2.19. The largest absolute Gasteiger partial charge is 0.493 e.